The molecule has 1 atom stereocenters. The Balaban J connectivity index is 1.81. The quantitative estimate of drug-likeness (QED) is 0.597. The van der Waals surface area contributed by atoms with Crippen molar-refractivity contribution >= 4 is 17.7 Å². The molecule has 4 N–H and O–H groups in total. The van der Waals surface area contributed by atoms with E-state index in [1.807, 2.05) is 0 Å². The molecule has 30 heavy (non-hydrogen) atoms. The van der Waals surface area contributed by atoms with E-state index in [1.165, 1.54) is 25.4 Å². The van der Waals surface area contributed by atoms with Gasteiger partial charge in [-0.2, -0.15) is 0 Å². The van der Waals surface area contributed by atoms with Gasteiger partial charge in [0.2, 0.25) is 5.95 Å². The average Bonchev–Trinajstić information content (AvgIpc) is 2.72. The number of nitrogens with two attached hydrogens (primary N) is 1. The van der Waals surface area contributed by atoms with E-state index in [0.29, 0.717) is 46.0 Å². The molecular weight excluding hydrogens is 389 g/mol. The average molecular weight is 409 g/mol. The van der Waals surface area contributed by atoms with Gasteiger partial charge in [0, 0.05) is 19.0 Å². The van der Waals surface area contributed by atoms with Gasteiger partial charge >= 0.3 is 0 Å². The SMILES string of the molecule is CNc1ncc(-c2cc(F)ccc2C2Cc3nc(N)nc(C)c3C(=O)N2)nc1OC. The van der Waals surface area contributed by atoms with Crippen LogP contribution in [0.5, 0.6) is 5.88 Å². The van der Waals surface area contributed by atoms with Crippen molar-refractivity contribution in [3.8, 4) is 17.1 Å². The van der Waals surface area contributed by atoms with E-state index in [0.717, 1.165) is 0 Å². The lowest BCUT2D eigenvalue weighted by Gasteiger charge is -2.27. The number of aryl methyl sites for hydroxylation is 1. The number of methoxy groups -OCH3 is 1. The van der Waals surface area contributed by atoms with Crippen molar-refractivity contribution in [2.75, 3.05) is 25.2 Å². The first kappa shape index (κ1) is 19.5. The topological polar surface area (TPSA) is 128 Å². The van der Waals surface area contributed by atoms with Crippen LogP contribution in [0.15, 0.2) is 24.4 Å². The Hall–Kier alpha value is -3.82. The molecule has 0 bridgehead atoms. The highest BCUT2D eigenvalue weighted by Crippen LogP contribution is 2.34. The van der Waals surface area contributed by atoms with Gasteiger partial charge in [-0.1, -0.05) is 6.07 Å². The number of fused-ring (bicyclic) bond motifs is 1. The van der Waals surface area contributed by atoms with E-state index in [-0.39, 0.29) is 17.7 Å². The van der Waals surface area contributed by atoms with Crippen LogP contribution in [0.3, 0.4) is 0 Å². The van der Waals surface area contributed by atoms with Gasteiger partial charge in [0.15, 0.2) is 5.82 Å². The zero-order chi connectivity index (χ0) is 21.4. The number of halogens is 1. The number of anilines is 2. The maximum Gasteiger partial charge on any atom is 0.257 e. The molecule has 0 saturated heterocycles. The van der Waals surface area contributed by atoms with Crippen molar-refractivity contribution in [3.05, 3.63) is 52.7 Å². The van der Waals surface area contributed by atoms with Gasteiger partial charge in [-0.15, -0.1) is 0 Å². The molecule has 0 spiro atoms. The van der Waals surface area contributed by atoms with Gasteiger partial charge in [0.05, 0.1) is 42.0 Å². The Morgan fingerprint density at radius 3 is 2.83 bits per heavy atom. The minimum Gasteiger partial charge on any atom is -0.478 e. The van der Waals surface area contributed by atoms with Crippen molar-refractivity contribution in [2.45, 2.75) is 19.4 Å². The molecule has 1 amide bonds. The third kappa shape index (κ3) is 3.36. The highest BCUT2D eigenvalue weighted by Gasteiger charge is 2.31. The predicted molar refractivity (Wildman–Crippen MR) is 109 cm³/mol. The summed E-state index contributed by atoms with van der Waals surface area (Å²) < 4.78 is 19.4. The third-order valence-electron chi connectivity index (χ3n) is 4.95. The number of nitrogens with zero attached hydrogens (tertiary/aromatic N) is 4. The number of hydrogen-bond acceptors (Lipinski definition) is 8. The van der Waals surface area contributed by atoms with E-state index in [4.69, 9.17) is 10.5 Å². The van der Waals surface area contributed by atoms with Crippen molar-refractivity contribution < 1.29 is 13.9 Å². The molecular formula is C20H20FN7O2. The number of rotatable bonds is 4. The molecule has 10 heteroatoms. The van der Waals surface area contributed by atoms with Crippen molar-refractivity contribution in [2.24, 2.45) is 0 Å². The van der Waals surface area contributed by atoms with Crippen molar-refractivity contribution in [3.63, 3.8) is 0 Å². The summed E-state index contributed by atoms with van der Waals surface area (Å²) >= 11 is 0. The summed E-state index contributed by atoms with van der Waals surface area (Å²) in [5, 5.41) is 5.84. The second-order valence-corrected chi connectivity index (χ2v) is 6.81. The smallest absolute Gasteiger partial charge is 0.257 e. The highest BCUT2D eigenvalue weighted by molar-refractivity contribution is 5.98. The fourth-order valence-corrected chi connectivity index (χ4v) is 3.63. The molecule has 0 aliphatic carbocycles. The molecule has 154 valence electrons. The molecule has 1 aromatic carbocycles. The number of amides is 1. The van der Waals surface area contributed by atoms with Crippen LogP contribution >= 0.6 is 0 Å². The maximum absolute atomic E-state index is 14.1. The van der Waals surface area contributed by atoms with Crippen LogP contribution in [0.25, 0.3) is 11.3 Å². The summed E-state index contributed by atoms with van der Waals surface area (Å²) in [6.07, 6.45) is 1.90. The van der Waals surface area contributed by atoms with Crippen LogP contribution in [0, 0.1) is 12.7 Å². The molecule has 1 aliphatic rings. The van der Waals surface area contributed by atoms with Gasteiger partial charge in [-0.05, 0) is 24.6 Å². The molecule has 1 unspecified atom stereocenters. The number of benzene rings is 1. The van der Waals surface area contributed by atoms with Crippen LogP contribution in [0.2, 0.25) is 0 Å². The fourth-order valence-electron chi connectivity index (χ4n) is 3.63. The van der Waals surface area contributed by atoms with E-state index in [9.17, 15) is 9.18 Å². The Bertz CT molecular complexity index is 1150. The molecule has 1 aliphatic heterocycles. The summed E-state index contributed by atoms with van der Waals surface area (Å²) in [5.74, 6) is 0.110. The van der Waals surface area contributed by atoms with Gasteiger partial charge in [-0.3, -0.25) is 4.79 Å². The first-order chi connectivity index (χ1) is 14.4. The van der Waals surface area contributed by atoms with Crippen molar-refractivity contribution in [1.82, 2.24) is 25.3 Å². The van der Waals surface area contributed by atoms with Crippen LogP contribution in [0.4, 0.5) is 16.2 Å². The molecule has 0 saturated carbocycles. The normalized spacial score (nSPS) is 15.3. The summed E-state index contributed by atoms with van der Waals surface area (Å²) in [4.78, 5) is 29.8. The van der Waals surface area contributed by atoms with Gasteiger partial charge in [0.1, 0.15) is 5.82 Å². The number of carbonyl (C=O) groups is 1. The molecule has 0 fully saturated rings. The first-order valence-corrected chi connectivity index (χ1v) is 9.23. The first-order valence-electron chi connectivity index (χ1n) is 9.23. The lowest BCUT2D eigenvalue weighted by Crippen LogP contribution is -2.37. The second kappa shape index (κ2) is 7.54. The summed E-state index contributed by atoms with van der Waals surface area (Å²) in [6.45, 7) is 1.71. The van der Waals surface area contributed by atoms with E-state index in [1.54, 1.807) is 20.0 Å². The largest absolute Gasteiger partial charge is 0.478 e. The number of nitrogen functional groups attached to an aromatic ring is 1. The Labute approximate surface area is 171 Å². The van der Waals surface area contributed by atoms with Crippen molar-refractivity contribution in [1.29, 1.82) is 0 Å². The lowest BCUT2D eigenvalue weighted by molar-refractivity contribution is 0.0922. The molecule has 3 aromatic rings. The molecule has 0 radical (unpaired) electrons. The number of nitrogens with one attached hydrogen (secondary N) is 2. The van der Waals surface area contributed by atoms with Crippen LogP contribution in [-0.4, -0.2) is 40.0 Å². The van der Waals surface area contributed by atoms with Crippen LogP contribution < -0.4 is 21.1 Å². The monoisotopic (exact) mass is 409 g/mol. The van der Waals surface area contributed by atoms with Gasteiger partial charge < -0.3 is 21.1 Å². The minimum absolute atomic E-state index is 0.109. The second-order valence-electron chi connectivity index (χ2n) is 6.81. The third-order valence-corrected chi connectivity index (χ3v) is 4.95. The number of ether oxygens (including phenoxy) is 1. The molecule has 3 heterocycles. The Morgan fingerprint density at radius 2 is 2.10 bits per heavy atom. The minimum atomic E-state index is -0.453. The van der Waals surface area contributed by atoms with Gasteiger partial charge in [0.25, 0.3) is 11.8 Å². The maximum atomic E-state index is 14.1. The zero-order valence-electron chi connectivity index (χ0n) is 16.7. The molecule has 9 nitrogen and oxygen atoms in total. The summed E-state index contributed by atoms with van der Waals surface area (Å²) in [7, 11) is 3.18. The number of hydrogen-bond donors (Lipinski definition) is 3. The van der Waals surface area contributed by atoms with E-state index in [2.05, 4.69) is 30.6 Å². The highest BCUT2D eigenvalue weighted by atomic mass is 19.1. The summed E-state index contributed by atoms with van der Waals surface area (Å²) in [6, 6.07) is 3.87. The van der Waals surface area contributed by atoms with E-state index < -0.39 is 11.9 Å². The number of carbonyl (C=O) groups excluding carboxylic acids is 1. The van der Waals surface area contributed by atoms with Gasteiger partial charge in [-0.25, -0.2) is 24.3 Å². The molecule has 4 rings (SSSR count). The lowest BCUT2D eigenvalue weighted by atomic mass is 9.90. The van der Waals surface area contributed by atoms with Crippen LogP contribution in [-0.2, 0) is 6.42 Å². The molecule has 2 aromatic heterocycles. The number of aromatic nitrogens is 4. The summed E-state index contributed by atoms with van der Waals surface area (Å²) in [5.41, 5.74) is 8.86. The predicted octanol–water partition coefficient (Wildman–Crippen LogP) is 2.04. The standard InChI is InChI=1S/C20H20FN7O2/c1-9-16-14(28-20(22)25-9)7-13(26-18(16)29)11-5-4-10(21)6-12(11)15-8-24-17(23-2)19(27-15)30-3/h4-6,8,13H,7H2,1-3H3,(H,23,24)(H,26,29)(H2,22,25,28). The zero-order valence-corrected chi connectivity index (χ0v) is 16.7. The van der Waals surface area contributed by atoms with E-state index >= 15 is 0 Å². The Kier molecular flexibility index (Phi) is 4.90. The fraction of sp³-hybridized carbons (Fsp3) is 0.250. The Morgan fingerprint density at radius 1 is 1.30 bits per heavy atom. The van der Waals surface area contributed by atoms with Crippen LogP contribution in [0.1, 0.15) is 33.4 Å².